The van der Waals surface area contributed by atoms with Crippen molar-refractivity contribution in [1.82, 2.24) is 9.97 Å². The lowest BCUT2D eigenvalue weighted by Crippen LogP contribution is -1.94. The van der Waals surface area contributed by atoms with Gasteiger partial charge in [-0.25, -0.2) is 10.4 Å². The highest BCUT2D eigenvalue weighted by Gasteiger charge is 2.00. The highest BCUT2D eigenvalue weighted by atomic mass is 16.5. The number of H-pyrrole nitrogens is 1. The number of anilines is 1. The van der Waals surface area contributed by atoms with Crippen LogP contribution in [0.4, 0.5) is 5.95 Å². The van der Waals surface area contributed by atoms with Crippen molar-refractivity contribution in [3.05, 3.63) is 54.1 Å². The molecular weight excluding hydrogens is 252 g/mol. The average Bonchev–Trinajstić information content (AvgIpc) is 2.90. The van der Waals surface area contributed by atoms with Crippen LogP contribution in [0.5, 0.6) is 5.75 Å². The van der Waals surface area contributed by atoms with Crippen molar-refractivity contribution in [2.45, 2.75) is 0 Å². The fourth-order valence-corrected chi connectivity index (χ4v) is 1.94. The van der Waals surface area contributed by atoms with Crippen molar-refractivity contribution in [3.8, 4) is 5.75 Å². The molecule has 0 atom stereocenters. The molecule has 2 aromatic carbocycles. The zero-order chi connectivity index (χ0) is 13.8. The number of hydrogen-bond acceptors (Lipinski definition) is 4. The molecule has 0 bridgehead atoms. The van der Waals surface area contributed by atoms with Gasteiger partial charge in [0.25, 0.3) is 0 Å². The maximum absolute atomic E-state index is 5.25. The Morgan fingerprint density at radius 3 is 2.80 bits per heavy atom. The second kappa shape index (κ2) is 5.44. The van der Waals surface area contributed by atoms with Gasteiger partial charge in [-0.2, -0.15) is 5.10 Å². The van der Waals surface area contributed by atoms with Crippen molar-refractivity contribution >= 4 is 23.2 Å². The quantitative estimate of drug-likeness (QED) is 0.563. The Morgan fingerprint density at radius 2 is 1.95 bits per heavy atom. The lowest BCUT2D eigenvalue weighted by molar-refractivity contribution is 0.414. The van der Waals surface area contributed by atoms with Crippen LogP contribution >= 0.6 is 0 Å². The molecule has 0 radical (unpaired) electrons. The normalized spacial score (nSPS) is 11.1. The van der Waals surface area contributed by atoms with E-state index in [-0.39, 0.29) is 0 Å². The van der Waals surface area contributed by atoms with Gasteiger partial charge in [0.1, 0.15) is 5.75 Å². The van der Waals surface area contributed by atoms with Crippen molar-refractivity contribution in [2.24, 2.45) is 5.10 Å². The van der Waals surface area contributed by atoms with E-state index in [1.54, 1.807) is 13.3 Å². The van der Waals surface area contributed by atoms with Gasteiger partial charge >= 0.3 is 0 Å². The molecule has 5 nitrogen and oxygen atoms in total. The van der Waals surface area contributed by atoms with Crippen LogP contribution < -0.4 is 10.2 Å². The number of fused-ring (bicyclic) bond motifs is 1. The molecule has 3 aromatic rings. The predicted octanol–water partition coefficient (Wildman–Crippen LogP) is 3.02. The van der Waals surface area contributed by atoms with Gasteiger partial charge in [0.15, 0.2) is 0 Å². The molecule has 0 unspecified atom stereocenters. The standard InChI is InChI=1S/C15H14N4O/c1-20-14-9-5-2-6-11(14)10-16-19-15-17-12-7-3-4-8-13(12)18-15/h2-10H,1H3,(H2,17,18,19). The van der Waals surface area contributed by atoms with Gasteiger partial charge in [-0.3, -0.25) is 0 Å². The van der Waals surface area contributed by atoms with Gasteiger partial charge in [0, 0.05) is 5.56 Å². The Labute approximate surface area is 116 Å². The number of nitrogens with zero attached hydrogens (tertiary/aromatic N) is 2. The van der Waals surface area contributed by atoms with E-state index >= 15 is 0 Å². The molecule has 0 aliphatic rings. The summed E-state index contributed by atoms with van der Waals surface area (Å²) in [5.41, 5.74) is 5.66. The van der Waals surface area contributed by atoms with Crippen molar-refractivity contribution in [2.75, 3.05) is 12.5 Å². The monoisotopic (exact) mass is 266 g/mol. The van der Waals surface area contributed by atoms with Crippen LogP contribution in [0, 0.1) is 0 Å². The van der Waals surface area contributed by atoms with E-state index in [0.29, 0.717) is 5.95 Å². The fraction of sp³-hybridized carbons (Fsp3) is 0.0667. The average molecular weight is 266 g/mol. The topological polar surface area (TPSA) is 62.3 Å². The first kappa shape index (κ1) is 12.2. The van der Waals surface area contributed by atoms with Gasteiger partial charge in [0.05, 0.1) is 24.4 Å². The number of rotatable bonds is 4. The Balaban J connectivity index is 1.77. The summed E-state index contributed by atoms with van der Waals surface area (Å²) in [6.45, 7) is 0. The van der Waals surface area contributed by atoms with Crippen LogP contribution in [0.2, 0.25) is 0 Å². The van der Waals surface area contributed by atoms with Crippen LogP contribution in [0.1, 0.15) is 5.56 Å². The number of nitrogens with one attached hydrogen (secondary N) is 2. The molecule has 2 N–H and O–H groups in total. The van der Waals surface area contributed by atoms with Crippen molar-refractivity contribution < 1.29 is 4.74 Å². The highest BCUT2D eigenvalue weighted by molar-refractivity contribution is 5.84. The van der Waals surface area contributed by atoms with Gasteiger partial charge < -0.3 is 9.72 Å². The number of benzene rings is 2. The third-order valence-corrected chi connectivity index (χ3v) is 2.90. The van der Waals surface area contributed by atoms with Gasteiger partial charge in [-0.1, -0.05) is 24.3 Å². The first-order chi connectivity index (χ1) is 9.86. The Kier molecular flexibility index (Phi) is 3.33. The molecule has 0 amide bonds. The molecule has 0 spiro atoms. The molecule has 0 fully saturated rings. The number of aromatic amines is 1. The Bertz CT molecular complexity index is 715. The van der Waals surface area contributed by atoms with Gasteiger partial charge in [-0.05, 0) is 24.3 Å². The molecule has 0 aliphatic heterocycles. The van der Waals surface area contributed by atoms with Crippen LogP contribution in [0.25, 0.3) is 11.0 Å². The van der Waals surface area contributed by atoms with E-state index in [9.17, 15) is 0 Å². The smallest absolute Gasteiger partial charge is 0.222 e. The third-order valence-electron chi connectivity index (χ3n) is 2.90. The summed E-state index contributed by atoms with van der Waals surface area (Å²) in [6, 6.07) is 15.5. The maximum Gasteiger partial charge on any atom is 0.222 e. The molecule has 0 saturated carbocycles. The first-order valence-electron chi connectivity index (χ1n) is 6.23. The summed E-state index contributed by atoms with van der Waals surface area (Å²) in [6.07, 6.45) is 1.70. The van der Waals surface area contributed by atoms with Gasteiger partial charge in [-0.15, -0.1) is 0 Å². The molecule has 100 valence electrons. The number of imidazole rings is 1. The van der Waals surface area contributed by atoms with E-state index in [0.717, 1.165) is 22.3 Å². The summed E-state index contributed by atoms with van der Waals surface area (Å²) in [5, 5.41) is 4.17. The largest absolute Gasteiger partial charge is 0.496 e. The second-order valence-electron chi connectivity index (χ2n) is 4.21. The summed E-state index contributed by atoms with van der Waals surface area (Å²) < 4.78 is 5.25. The lowest BCUT2D eigenvalue weighted by atomic mass is 10.2. The predicted molar refractivity (Wildman–Crippen MR) is 80.3 cm³/mol. The van der Waals surface area contributed by atoms with Gasteiger partial charge in [0.2, 0.25) is 5.95 Å². The molecular formula is C15H14N4O. The lowest BCUT2D eigenvalue weighted by Gasteiger charge is -2.02. The molecule has 1 aromatic heterocycles. The highest BCUT2D eigenvalue weighted by Crippen LogP contribution is 2.15. The fourth-order valence-electron chi connectivity index (χ4n) is 1.94. The van der Waals surface area contributed by atoms with E-state index in [2.05, 4.69) is 20.5 Å². The minimum atomic E-state index is 0.609. The zero-order valence-electron chi connectivity index (χ0n) is 11.0. The number of aromatic nitrogens is 2. The van der Waals surface area contributed by atoms with Crippen molar-refractivity contribution in [1.29, 1.82) is 0 Å². The minimum Gasteiger partial charge on any atom is -0.496 e. The van der Waals surface area contributed by atoms with Crippen LogP contribution in [0.3, 0.4) is 0 Å². The summed E-state index contributed by atoms with van der Waals surface area (Å²) in [7, 11) is 1.64. The minimum absolute atomic E-state index is 0.609. The van der Waals surface area contributed by atoms with Crippen LogP contribution in [-0.2, 0) is 0 Å². The molecule has 5 heteroatoms. The summed E-state index contributed by atoms with van der Waals surface area (Å²) >= 11 is 0. The number of hydrazone groups is 1. The first-order valence-corrected chi connectivity index (χ1v) is 6.23. The molecule has 20 heavy (non-hydrogen) atoms. The van der Waals surface area contributed by atoms with E-state index in [1.807, 2.05) is 48.5 Å². The molecule has 3 rings (SSSR count). The maximum atomic E-state index is 5.25. The Morgan fingerprint density at radius 1 is 1.15 bits per heavy atom. The number of methoxy groups -OCH3 is 1. The second-order valence-corrected chi connectivity index (χ2v) is 4.21. The Hall–Kier alpha value is -2.82. The summed E-state index contributed by atoms with van der Waals surface area (Å²) in [5.74, 6) is 1.39. The van der Waals surface area contributed by atoms with Crippen LogP contribution in [-0.4, -0.2) is 23.3 Å². The van der Waals surface area contributed by atoms with E-state index in [4.69, 9.17) is 4.74 Å². The number of hydrogen-bond donors (Lipinski definition) is 2. The van der Waals surface area contributed by atoms with E-state index < -0.39 is 0 Å². The summed E-state index contributed by atoms with van der Waals surface area (Å²) in [4.78, 5) is 7.52. The molecule has 1 heterocycles. The number of ether oxygens (including phenoxy) is 1. The zero-order valence-corrected chi connectivity index (χ0v) is 11.0. The number of para-hydroxylation sites is 3. The molecule has 0 saturated heterocycles. The SMILES string of the molecule is COc1ccccc1C=NNc1nc2ccccc2[nH]1. The van der Waals surface area contributed by atoms with Crippen molar-refractivity contribution in [3.63, 3.8) is 0 Å². The van der Waals surface area contributed by atoms with Crippen LogP contribution in [0.15, 0.2) is 53.6 Å². The molecule has 0 aliphatic carbocycles. The van der Waals surface area contributed by atoms with E-state index in [1.165, 1.54) is 0 Å². The third kappa shape index (κ3) is 2.47.